The molecule has 3 nitrogen and oxygen atoms in total. The van der Waals surface area contributed by atoms with Crippen molar-refractivity contribution in [1.82, 2.24) is 4.90 Å². The summed E-state index contributed by atoms with van der Waals surface area (Å²) in [6, 6.07) is 0. The number of hydrogen-bond donors (Lipinski definition) is 1. The second-order valence-corrected chi connectivity index (χ2v) is 6.10. The monoisotopic (exact) mass is 256 g/mol. The average Bonchev–Trinajstić information content (AvgIpc) is 2.36. The van der Waals surface area contributed by atoms with Gasteiger partial charge >= 0.3 is 0 Å². The first-order valence-corrected chi connectivity index (χ1v) is 7.64. The molecular weight excluding hydrogens is 224 g/mol. The molecule has 1 aliphatic rings. The van der Waals surface area contributed by atoms with Gasteiger partial charge in [0.25, 0.3) is 0 Å². The highest BCUT2D eigenvalue weighted by Gasteiger charge is 2.40. The summed E-state index contributed by atoms with van der Waals surface area (Å²) in [5.74, 6) is 0.695. The Morgan fingerprint density at radius 1 is 1.39 bits per heavy atom. The lowest BCUT2D eigenvalue weighted by atomic mass is 9.83. The molecule has 0 aromatic rings. The molecule has 0 bridgehead atoms. The highest BCUT2D eigenvalue weighted by atomic mass is 16.5. The van der Waals surface area contributed by atoms with Gasteiger partial charge in [-0.3, -0.25) is 4.90 Å². The van der Waals surface area contributed by atoms with E-state index in [0.29, 0.717) is 12.0 Å². The molecule has 0 radical (unpaired) electrons. The highest BCUT2D eigenvalue weighted by Crippen LogP contribution is 2.32. The van der Waals surface area contributed by atoms with Gasteiger partial charge in [-0.25, -0.2) is 0 Å². The lowest BCUT2D eigenvalue weighted by Crippen LogP contribution is -2.59. The molecule has 0 spiro atoms. The fraction of sp³-hybridized carbons (Fsp3) is 1.00. The molecule has 18 heavy (non-hydrogen) atoms. The molecule has 0 saturated carbocycles. The van der Waals surface area contributed by atoms with Gasteiger partial charge in [-0.05, 0) is 31.7 Å². The molecule has 2 unspecified atom stereocenters. The van der Waals surface area contributed by atoms with Crippen LogP contribution in [0.5, 0.6) is 0 Å². The molecule has 0 aromatic carbocycles. The lowest BCUT2D eigenvalue weighted by Gasteiger charge is -2.48. The normalized spacial score (nSPS) is 29.2. The van der Waals surface area contributed by atoms with E-state index in [0.717, 1.165) is 39.1 Å². The van der Waals surface area contributed by atoms with Crippen LogP contribution in [0.15, 0.2) is 0 Å². The Morgan fingerprint density at radius 3 is 2.61 bits per heavy atom. The molecule has 0 aliphatic carbocycles. The van der Waals surface area contributed by atoms with Gasteiger partial charge in [0.2, 0.25) is 0 Å². The molecule has 0 amide bonds. The first-order chi connectivity index (χ1) is 8.57. The third kappa shape index (κ3) is 3.94. The van der Waals surface area contributed by atoms with E-state index in [1.54, 1.807) is 0 Å². The van der Waals surface area contributed by atoms with Gasteiger partial charge in [-0.2, -0.15) is 0 Å². The second kappa shape index (κ2) is 7.46. The van der Waals surface area contributed by atoms with Crippen LogP contribution in [0.3, 0.4) is 0 Å². The molecule has 1 heterocycles. The Hall–Kier alpha value is -0.120. The zero-order chi connectivity index (χ0) is 13.6. The number of hydrogen-bond acceptors (Lipinski definition) is 3. The van der Waals surface area contributed by atoms with E-state index in [9.17, 15) is 0 Å². The zero-order valence-electron chi connectivity index (χ0n) is 12.7. The van der Waals surface area contributed by atoms with Crippen LogP contribution >= 0.6 is 0 Å². The SMILES string of the molecule is CCCC1CC(CN)(N(CC)CC(C)C)CCO1. The Kier molecular flexibility index (Phi) is 6.61. The summed E-state index contributed by atoms with van der Waals surface area (Å²) in [5, 5.41) is 0. The van der Waals surface area contributed by atoms with Crippen molar-refractivity contribution in [2.75, 3.05) is 26.2 Å². The van der Waals surface area contributed by atoms with Crippen molar-refractivity contribution in [3.8, 4) is 0 Å². The first-order valence-electron chi connectivity index (χ1n) is 7.64. The second-order valence-electron chi connectivity index (χ2n) is 6.10. The van der Waals surface area contributed by atoms with E-state index in [2.05, 4.69) is 32.6 Å². The maximum atomic E-state index is 6.15. The van der Waals surface area contributed by atoms with Crippen LogP contribution in [0.4, 0.5) is 0 Å². The molecule has 1 saturated heterocycles. The average molecular weight is 256 g/mol. The van der Waals surface area contributed by atoms with Crippen molar-refractivity contribution in [2.24, 2.45) is 11.7 Å². The van der Waals surface area contributed by atoms with E-state index >= 15 is 0 Å². The van der Waals surface area contributed by atoms with Gasteiger partial charge in [0, 0.05) is 25.2 Å². The van der Waals surface area contributed by atoms with Gasteiger partial charge in [-0.15, -0.1) is 0 Å². The highest BCUT2D eigenvalue weighted by molar-refractivity contribution is 4.96. The maximum absolute atomic E-state index is 6.15. The number of likely N-dealkylation sites (N-methyl/N-ethyl adjacent to an activating group) is 1. The Bertz CT molecular complexity index is 231. The summed E-state index contributed by atoms with van der Waals surface area (Å²) in [7, 11) is 0. The summed E-state index contributed by atoms with van der Waals surface area (Å²) in [5.41, 5.74) is 6.33. The topological polar surface area (TPSA) is 38.5 Å². The quantitative estimate of drug-likeness (QED) is 0.761. The van der Waals surface area contributed by atoms with E-state index in [-0.39, 0.29) is 5.54 Å². The van der Waals surface area contributed by atoms with Crippen LogP contribution < -0.4 is 5.73 Å². The van der Waals surface area contributed by atoms with Gasteiger partial charge in [0.1, 0.15) is 0 Å². The zero-order valence-corrected chi connectivity index (χ0v) is 12.7. The van der Waals surface area contributed by atoms with Crippen LogP contribution in [0.25, 0.3) is 0 Å². The molecule has 0 aromatic heterocycles. The van der Waals surface area contributed by atoms with Crippen molar-refractivity contribution in [2.45, 2.75) is 65.0 Å². The molecule has 1 aliphatic heterocycles. The molecule has 2 atom stereocenters. The minimum Gasteiger partial charge on any atom is -0.378 e. The van der Waals surface area contributed by atoms with Crippen LogP contribution in [0.1, 0.15) is 53.4 Å². The van der Waals surface area contributed by atoms with Gasteiger partial charge in [0.05, 0.1) is 6.10 Å². The van der Waals surface area contributed by atoms with Crippen LogP contribution in [-0.4, -0.2) is 42.8 Å². The predicted molar refractivity (Wildman–Crippen MR) is 77.8 cm³/mol. The summed E-state index contributed by atoms with van der Waals surface area (Å²) in [4.78, 5) is 2.60. The Labute approximate surface area is 113 Å². The van der Waals surface area contributed by atoms with Crippen LogP contribution in [0, 0.1) is 5.92 Å². The van der Waals surface area contributed by atoms with E-state index in [1.165, 1.54) is 12.8 Å². The van der Waals surface area contributed by atoms with E-state index in [4.69, 9.17) is 10.5 Å². The van der Waals surface area contributed by atoms with Crippen LogP contribution in [-0.2, 0) is 4.74 Å². The number of rotatable bonds is 7. The molecule has 2 N–H and O–H groups in total. The van der Waals surface area contributed by atoms with E-state index < -0.39 is 0 Å². The third-order valence-corrected chi connectivity index (χ3v) is 4.16. The largest absolute Gasteiger partial charge is 0.378 e. The molecule has 1 rings (SSSR count). The smallest absolute Gasteiger partial charge is 0.0593 e. The maximum Gasteiger partial charge on any atom is 0.0593 e. The minimum atomic E-state index is 0.178. The fourth-order valence-corrected chi connectivity index (χ4v) is 3.21. The predicted octanol–water partition coefficient (Wildman–Crippen LogP) is 2.64. The molecule has 3 heteroatoms. The van der Waals surface area contributed by atoms with Crippen molar-refractivity contribution >= 4 is 0 Å². The number of nitrogens with two attached hydrogens (primary N) is 1. The lowest BCUT2D eigenvalue weighted by molar-refractivity contribution is -0.0752. The fourth-order valence-electron chi connectivity index (χ4n) is 3.21. The van der Waals surface area contributed by atoms with Crippen molar-refractivity contribution in [3.63, 3.8) is 0 Å². The summed E-state index contributed by atoms with van der Waals surface area (Å²) in [6.45, 7) is 12.9. The summed E-state index contributed by atoms with van der Waals surface area (Å²) in [6.07, 6.45) is 4.97. The summed E-state index contributed by atoms with van der Waals surface area (Å²) >= 11 is 0. The van der Waals surface area contributed by atoms with Gasteiger partial charge < -0.3 is 10.5 Å². The number of ether oxygens (including phenoxy) is 1. The standard InChI is InChI=1S/C15H32N2O/c1-5-7-14-10-15(12-16,8-9-18-14)17(6-2)11-13(3)4/h13-14H,5-12,16H2,1-4H3. The first kappa shape index (κ1) is 15.9. The Balaban J connectivity index is 2.74. The van der Waals surface area contributed by atoms with Crippen molar-refractivity contribution in [3.05, 3.63) is 0 Å². The van der Waals surface area contributed by atoms with E-state index in [1.807, 2.05) is 0 Å². The minimum absolute atomic E-state index is 0.178. The number of nitrogens with zero attached hydrogens (tertiary/aromatic N) is 1. The third-order valence-electron chi connectivity index (χ3n) is 4.16. The van der Waals surface area contributed by atoms with Crippen LogP contribution in [0.2, 0.25) is 0 Å². The Morgan fingerprint density at radius 2 is 2.11 bits per heavy atom. The summed E-state index contributed by atoms with van der Waals surface area (Å²) < 4.78 is 5.89. The van der Waals surface area contributed by atoms with Crippen molar-refractivity contribution in [1.29, 1.82) is 0 Å². The van der Waals surface area contributed by atoms with Gasteiger partial charge in [-0.1, -0.05) is 34.1 Å². The molecule has 108 valence electrons. The molecular formula is C15H32N2O. The van der Waals surface area contributed by atoms with Gasteiger partial charge in [0.15, 0.2) is 0 Å². The van der Waals surface area contributed by atoms with Crippen molar-refractivity contribution < 1.29 is 4.74 Å². The molecule has 1 fully saturated rings.